The van der Waals surface area contributed by atoms with Crippen molar-refractivity contribution in [2.75, 3.05) is 6.61 Å². The third kappa shape index (κ3) is 3.67. The molecule has 3 nitrogen and oxygen atoms in total. The molecule has 1 unspecified atom stereocenters. The van der Waals surface area contributed by atoms with E-state index in [2.05, 4.69) is 0 Å². The number of rotatable bonds is 6. The second-order valence-corrected chi connectivity index (χ2v) is 5.13. The van der Waals surface area contributed by atoms with Crippen LogP contribution in [0.1, 0.15) is 11.1 Å². The summed E-state index contributed by atoms with van der Waals surface area (Å²) in [5.41, 5.74) is 0.285. The lowest BCUT2D eigenvalue weighted by Gasteiger charge is -2.31. The Balaban J connectivity index is 2.09. The van der Waals surface area contributed by atoms with E-state index in [0.717, 1.165) is 11.1 Å². The summed E-state index contributed by atoms with van der Waals surface area (Å²) in [6.07, 6.45) is -0.488. The van der Waals surface area contributed by atoms with E-state index in [9.17, 15) is 15.3 Å². The molecule has 0 saturated carbocycles. The van der Waals surface area contributed by atoms with Crippen molar-refractivity contribution < 1.29 is 15.3 Å². The number of hydrogen-bond acceptors (Lipinski definition) is 3. The molecule has 0 spiro atoms. The van der Waals surface area contributed by atoms with E-state index in [1.807, 2.05) is 60.7 Å². The summed E-state index contributed by atoms with van der Waals surface area (Å²) in [7, 11) is 0. The van der Waals surface area contributed by atoms with Gasteiger partial charge in [-0.2, -0.15) is 0 Å². The maximum atomic E-state index is 10.5. The van der Waals surface area contributed by atoms with E-state index >= 15 is 0 Å². The molecule has 0 radical (unpaired) electrons. The average Bonchev–Trinajstić information content (AvgIpc) is 2.49. The summed E-state index contributed by atoms with van der Waals surface area (Å²) in [6.45, 7) is -0.476. The van der Waals surface area contributed by atoms with Gasteiger partial charge in [0.2, 0.25) is 0 Å². The first kappa shape index (κ1) is 14.7. The summed E-state index contributed by atoms with van der Waals surface area (Å²) >= 11 is 0. The van der Waals surface area contributed by atoms with Crippen molar-refractivity contribution in [3.8, 4) is 0 Å². The minimum atomic E-state index is -1.53. The zero-order valence-electron chi connectivity index (χ0n) is 11.3. The highest BCUT2D eigenvalue weighted by Gasteiger charge is 2.35. The number of hydrogen-bond donors (Lipinski definition) is 3. The molecular weight excluding hydrogens is 252 g/mol. The summed E-state index contributed by atoms with van der Waals surface area (Å²) in [4.78, 5) is 0. The van der Waals surface area contributed by atoms with Gasteiger partial charge in [0.25, 0.3) is 0 Å². The lowest BCUT2D eigenvalue weighted by atomic mass is 9.86. The Morgan fingerprint density at radius 2 is 1.35 bits per heavy atom. The van der Waals surface area contributed by atoms with Crippen molar-refractivity contribution in [3.63, 3.8) is 0 Å². The second kappa shape index (κ2) is 6.66. The Hall–Kier alpha value is -1.68. The Bertz CT molecular complexity index is 512. The molecule has 0 aliphatic heterocycles. The molecular formula is C17H20O3. The van der Waals surface area contributed by atoms with Crippen molar-refractivity contribution in [3.05, 3.63) is 71.8 Å². The summed E-state index contributed by atoms with van der Waals surface area (Å²) in [6, 6.07) is 18.8. The SMILES string of the molecule is OCC(O)(Cc1ccccc1)[C@@H](O)Cc1ccccc1. The molecule has 106 valence electrons. The number of benzene rings is 2. The van der Waals surface area contributed by atoms with Gasteiger partial charge in [0.1, 0.15) is 5.60 Å². The van der Waals surface area contributed by atoms with E-state index in [4.69, 9.17) is 0 Å². The van der Waals surface area contributed by atoms with E-state index in [-0.39, 0.29) is 6.42 Å². The molecule has 0 bridgehead atoms. The van der Waals surface area contributed by atoms with Crippen LogP contribution in [0, 0.1) is 0 Å². The molecule has 0 saturated heterocycles. The normalized spacial score (nSPS) is 15.6. The fraction of sp³-hybridized carbons (Fsp3) is 0.294. The predicted octanol–water partition coefficient (Wildman–Crippen LogP) is 1.56. The zero-order valence-corrected chi connectivity index (χ0v) is 11.3. The Morgan fingerprint density at radius 3 is 1.85 bits per heavy atom. The van der Waals surface area contributed by atoms with Crippen molar-refractivity contribution in [2.24, 2.45) is 0 Å². The first-order valence-corrected chi connectivity index (χ1v) is 6.73. The second-order valence-electron chi connectivity index (χ2n) is 5.13. The predicted molar refractivity (Wildman–Crippen MR) is 78.3 cm³/mol. The summed E-state index contributed by atoms with van der Waals surface area (Å²) in [5.74, 6) is 0. The molecule has 3 heteroatoms. The Kier molecular flexibility index (Phi) is 4.90. The van der Waals surface area contributed by atoms with Crippen LogP contribution in [-0.2, 0) is 12.8 Å². The first-order valence-electron chi connectivity index (χ1n) is 6.73. The molecule has 2 rings (SSSR count). The van der Waals surface area contributed by atoms with Crippen LogP contribution in [0.2, 0.25) is 0 Å². The highest BCUT2D eigenvalue weighted by atomic mass is 16.4. The molecule has 0 amide bonds. The van der Waals surface area contributed by atoms with Gasteiger partial charge < -0.3 is 15.3 Å². The summed E-state index contributed by atoms with van der Waals surface area (Å²) in [5, 5.41) is 30.3. The molecule has 20 heavy (non-hydrogen) atoms. The van der Waals surface area contributed by atoms with Crippen LogP contribution in [0.4, 0.5) is 0 Å². The monoisotopic (exact) mass is 272 g/mol. The quantitative estimate of drug-likeness (QED) is 0.748. The standard InChI is InChI=1S/C17H20O3/c18-13-17(20,12-15-9-5-2-6-10-15)16(19)11-14-7-3-1-4-8-14/h1-10,16,18-20H,11-13H2/t16-,17?/m0/s1. The van der Waals surface area contributed by atoms with Gasteiger partial charge in [0.05, 0.1) is 12.7 Å². The third-order valence-electron chi connectivity index (χ3n) is 3.52. The van der Waals surface area contributed by atoms with Crippen molar-refractivity contribution in [1.29, 1.82) is 0 Å². The highest BCUT2D eigenvalue weighted by Crippen LogP contribution is 2.20. The van der Waals surface area contributed by atoms with E-state index in [0.29, 0.717) is 6.42 Å². The molecule has 0 aromatic heterocycles. The van der Waals surface area contributed by atoms with Crippen LogP contribution in [0.25, 0.3) is 0 Å². The topological polar surface area (TPSA) is 60.7 Å². The average molecular weight is 272 g/mol. The number of aliphatic hydroxyl groups is 3. The fourth-order valence-corrected chi connectivity index (χ4v) is 2.26. The molecule has 0 aliphatic carbocycles. The van der Waals surface area contributed by atoms with E-state index in [1.54, 1.807) is 0 Å². The first-order chi connectivity index (χ1) is 9.64. The smallest absolute Gasteiger partial charge is 0.118 e. The molecule has 2 aromatic rings. The molecule has 0 heterocycles. The Labute approximate surface area is 119 Å². The zero-order chi connectivity index (χ0) is 14.4. The molecule has 0 aliphatic rings. The molecule has 0 fully saturated rings. The van der Waals surface area contributed by atoms with E-state index in [1.165, 1.54) is 0 Å². The van der Waals surface area contributed by atoms with Gasteiger partial charge in [-0.05, 0) is 11.1 Å². The van der Waals surface area contributed by atoms with Gasteiger partial charge in [-0.25, -0.2) is 0 Å². The Morgan fingerprint density at radius 1 is 0.850 bits per heavy atom. The summed E-state index contributed by atoms with van der Waals surface area (Å²) < 4.78 is 0. The van der Waals surface area contributed by atoms with E-state index < -0.39 is 18.3 Å². The van der Waals surface area contributed by atoms with Crippen LogP contribution in [0.15, 0.2) is 60.7 Å². The number of aliphatic hydroxyl groups excluding tert-OH is 2. The third-order valence-corrected chi connectivity index (χ3v) is 3.52. The van der Waals surface area contributed by atoms with Crippen LogP contribution in [0.5, 0.6) is 0 Å². The van der Waals surface area contributed by atoms with Crippen LogP contribution in [0.3, 0.4) is 0 Å². The van der Waals surface area contributed by atoms with Crippen LogP contribution in [-0.4, -0.2) is 33.6 Å². The van der Waals surface area contributed by atoms with Crippen LogP contribution < -0.4 is 0 Å². The fourth-order valence-electron chi connectivity index (χ4n) is 2.26. The van der Waals surface area contributed by atoms with Crippen molar-refractivity contribution in [1.82, 2.24) is 0 Å². The molecule has 2 atom stereocenters. The largest absolute Gasteiger partial charge is 0.393 e. The minimum Gasteiger partial charge on any atom is -0.393 e. The van der Waals surface area contributed by atoms with Gasteiger partial charge >= 0.3 is 0 Å². The van der Waals surface area contributed by atoms with Gasteiger partial charge in [-0.1, -0.05) is 60.7 Å². The van der Waals surface area contributed by atoms with Crippen molar-refractivity contribution >= 4 is 0 Å². The van der Waals surface area contributed by atoms with Gasteiger partial charge in [0.15, 0.2) is 0 Å². The molecule has 2 aromatic carbocycles. The van der Waals surface area contributed by atoms with Crippen LogP contribution >= 0.6 is 0 Å². The van der Waals surface area contributed by atoms with Gasteiger partial charge in [0, 0.05) is 12.8 Å². The minimum absolute atomic E-state index is 0.221. The maximum absolute atomic E-state index is 10.5. The maximum Gasteiger partial charge on any atom is 0.118 e. The van der Waals surface area contributed by atoms with Crippen molar-refractivity contribution in [2.45, 2.75) is 24.5 Å². The highest BCUT2D eigenvalue weighted by molar-refractivity contribution is 5.20. The lowest BCUT2D eigenvalue weighted by molar-refractivity contribution is -0.104. The van der Waals surface area contributed by atoms with Gasteiger partial charge in [-0.3, -0.25) is 0 Å². The molecule has 3 N–H and O–H groups in total. The lowest BCUT2D eigenvalue weighted by Crippen LogP contribution is -2.48. The van der Waals surface area contributed by atoms with Gasteiger partial charge in [-0.15, -0.1) is 0 Å².